The third kappa shape index (κ3) is 3.53. The zero-order chi connectivity index (χ0) is 16.5. The van der Waals surface area contributed by atoms with Crippen LogP contribution in [0.5, 0.6) is 0 Å². The number of aryl methyl sites for hydroxylation is 2. The van der Waals surface area contributed by atoms with Crippen LogP contribution in [0, 0.1) is 13.8 Å². The molecule has 5 nitrogen and oxygen atoms in total. The van der Waals surface area contributed by atoms with Gasteiger partial charge in [0.15, 0.2) is 0 Å². The standard InChI is InChI=1S/C13H12F3N3O2S/c1-8-7-10(13(14,15)16)3-4-11(8)22(20,21)19-12-17-6-5-9(2)18-12/h3-7H,1-2H3,(H,17,18,19). The summed E-state index contributed by atoms with van der Waals surface area (Å²) < 4.78 is 64.4. The quantitative estimate of drug-likeness (QED) is 0.939. The van der Waals surface area contributed by atoms with Gasteiger partial charge in [0.1, 0.15) is 0 Å². The molecule has 0 saturated heterocycles. The minimum Gasteiger partial charge on any atom is -0.247 e. The monoisotopic (exact) mass is 331 g/mol. The number of nitrogens with zero attached hydrogens (tertiary/aromatic N) is 2. The fraction of sp³-hybridized carbons (Fsp3) is 0.231. The van der Waals surface area contributed by atoms with Crippen molar-refractivity contribution in [3.63, 3.8) is 0 Å². The summed E-state index contributed by atoms with van der Waals surface area (Å²) in [4.78, 5) is 7.39. The number of hydrogen-bond acceptors (Lipinski definition) is 4. The van der Waals surface area contributed by atoms with Crippen LogP contribution in [0.2, 0.25) is 0 Å². The lowest BCUT2D eigenvalue weighted by Crippen LogP contribution is -2.17. The van der Waals surface area contributed by atoms with Gasteiger partial charge in [-0.05, 0) is 43.7 Å². The maximum Gasteiger partial charge on any atom is 0.416 e. The van der Waals surface area contributed by atoms with E-state index >= 15 is 0 Å². The number of halogens is 3. The Hall–Kier alpha value is -2.16. The van der Waals surface area contributed by atoms with Gasteiger partial charge in [0, 0.05) is 11.9 Å². The Morgan fingerprint density at radius 2 is 1.82 bits per heavy atom. The third-order valence-corrected chi connectivity index (χ3v) is 4.30. The lowest BCUT2D eigenvalue weighted by molar-refractivity contribution is -0.137. The molecule has 1 aromatic carbocycles. The smallest absolute Gasteiger partial charge is 0.247 e. The third-order valence-electron chi connectivity index (χ3n) is 2.81. The van der Waals surface area contributed by atoms with Gasteiger partial charge in [0.2, 0.25) is 5.95 Å². The molecule has 0 aliphatic carbocycles. The van der Waals surface area contributed by atoms with Gasteiger partial charge in [0.25, 0.3) is 10.0 Å². The molecule has 0 aliphatic heterocycles. The summed E-state index contributed by atoms with van der Waals surface area (Å²) >= 11 is 0. The van der Waals surface area contributed by atoms with Gasteiger partial charge >= 0.3 is 6.18 Å². The van der Waals surface area contributed by atoms with Crippen LogP contribution in [0.25, 0.3) is 0 Å². The molecule has 1 N–H and O–H groups in total. The van der Waals surface area contributed by atoms with Gasteiger partial charge in [-0.3, -0.25) is 0 Å². The first-order valence-electron chi connectivity index (χ1n) is 6.10. The molecule has 0 radical (unpaired) electrons. The van der Waals surface area contributed by atoms with Gasteiger partial charge in [-0.25, -0.2) is 23.1 Å². The molecule has 0 aliphatic rings. The molecular weight excluding hydrogens is 319 g/mol. The van der Waals surface area contributed by atoms with E-state index in [2.05, 4.69) is 14.7 Å². The molecule has 0 spiro atoms. The lowest BCUT2D eigenvalue weighted by Gasteiger charge is -2.12. The van der Waals surface area contributed by atoms with Gasteiger partial charge < -0.3 is 0 Å². The van der Waals surface area contributed by atoms with Crippen LogP contribution in [0.3, 0.4) is 0 Å². The molecule has 9 heteroatoms. The van der Waals surface area contributed by atoms with Crippen molar-refractivity contribution in [2.45, 2.75) is 24.9 Å². The van der Waals surface area contributed by atoms with E-state index in [1.54, 1.807) is 13.0 Å². The van der Waals surface area contributed by atoms with Crippen molar-refractivity contribution in [2.75, 3.05) is 4.72 Å². The number of aromatic nitrogens is 2. The van der Waals surface area contributed by atoms with Crippen LogP contribution < -0.4 is 4.72 Å². The Balaban J connectivity index is 2.38. The molecule has 1 heterocycles. The zero-order valence-electron chi connectivity index (χ0n) is 11.6. The average molecular weight is 331 g/mol. The van der Waals surface area contributed by atoms with Gasteiger partial charge in [-0.15, -0.1) is 0 Å². The van der Waals surface area contributed by atoms with Crippen LogP contribution in [0.15, 0.2) is 35.4 Å². The maximum absolute atomic E-state index is 12.6. The SMILES string of the molecule is Cc1ccnc(NS(=O)(=O)c2ccc(C(F)(F)F)cc2C)n1. The van der Waals surface area contributed by atoms with Crippen LogP contribution >= 0.6 is 0 Å². The number of alkyl halides is 3. The second kappa shape index (κ2) is 5.56. The molecule has 118 valence electrons. The fourth-order valence-electron chi connectivity index (χ4n) is 1.80. The van der Waals surface area contributed by atoms with E-state index in [4.69, 9.17) is 0 Å². The van der Waals surface area contributed by atoms with Crippen molar-refractivity contribution in [1.29, 1.82) is 0 Å². The molecule has 2 rings (SSSR count). The Labute approximate surface area is 125 Å². The molecular formula is C13H12F3N3O2S. The van der Waals surface area contributed by atoms with E-state index in [1.165, 1.54) is 13.1 Å². The highest BCUT2D eigenvalue weighted by Gasteiger charge is 2.31. The summed E-state index contributed by atoms with van der Waals surface area (Å²) in [6, 6.07) is 4.00. The molecule has 0 saturated carbocycles. The van der Waals surface area contributed by atoms with Crippen molar-refractivity contribution in [3.05, 3.63) is 47.3 Å². The Kier molecular flexibility index (Phi) is 4.10. The number of nitrogens with one attached hydrogen (secondary N) is 1. The van der Waals surface area contributed by atoms with Gasteiger partial charge in [0.05, 0.1) is 10.5 Å². The Bertz CT molecular complexity index is 804. The van der Waals surface area contributed by atoms with E-state index in [9.17, 15) is 21.6 Å². The second-order valence-electron chi connectivity index (χ2n) is 4.61. The number of sulfonamides is 1. The molecule has 1 aromatic heterocycles. The van der Waals surface area contributed by atoms with Crippen LogP contribution in [-0.4, -0.2) is 18.4 Å². The molecule has 0 unspecified atom stereocenters. The van der Waals surface area contributed by atoms with Crippen molar-refractivity contribution < 1.29 is 21.6 Å². The van der Waals surface area contributed by atoms with Gasteiger partial charge in [-0.1, -0.05) is 0 Å². The summed E-state index contributed by atoms with van der Waals surface area (Å²) in [6.45, 7) is 2.95. The Morgan fingerprint density at radius 3 is 2.36 bits per heavy atom. The van der Waals surface area contributed by atoms with Gasteiger partial charge in [-0.2, -0.15) is 13.2 Å². The summed E-state index contributed by atoms with van der Waals surface area (Å²) in [6.07, 6.45) is -3.15. The highest BCUT2D eigenvalue weighted by atomic mass is 32.2. The topological polar surface area (TPSA) is 72.0 Å². The molecule has 0 amide bonds. The highest BCUT2D eigenvalue weighted by Crippen LogP contribution is 2.31. The summed E-state index contributed by atoms with van der Waals surface area (Å²) in [5, 5.41) is 0. The van der Waals surface area contributed by atoms with E-state index in [1.807, 2.05) is 0 Å². The van der Waals surface area contributed by atoms with Crippen molar-refractivity contribution in [2.24, 2.45) is 0 Å². The molecule has 22 heavy (non-hydrogen) atoms. The number of anilines is 1. The summed E-state index contributed by atoms with van der Waals surface area (Å²) in [7, 11) is -4.07. The zero-order valence-corrected chi connectivity index (χ0v) is 12.5. The molecule has 2 aromatic rings. The number of hydrogen-bond donors (Lipinski definition) is 1. The van der Waals surface area contributed by atoms with E-state index in [0.29, 0.717) is 5.69 Å². The molecule has 0 atom stereocenters. The van der Waals surface area contributed by atoms with Crippen molar-refractivity contribution >= 4 is 16.0 Å². The average Bonchev–Trinajstić information content (AvgIpc) is 2.36. The first kappa shape index (κ1) is 16.2. The second-order valence-corrected chi connectivity index (χ2v) is 6.26. The van der Waals surface area contributed by atoms with Crippen LogP contribution in [0.1, 0.15) is 16.8 Å². The van der Waals surface area contributed by atoms with Crippen LogP contribution in [0.4, 0.5) is 19.1 Å². The highest BCUT2D eigenvalue weighted by molar-refractivity contribution is 7.92. The molecule has 0 bridgehead atoms. The van der Waals surface area contributed by atoms with E-state index in [0.717, 1.165) is 18.2 Å². The Morgan fingerprint density at radius 1 is 1.14 bits per heavy atom. The molecule has 0 fully saturated rings. The normalized spacial score (nSPS) is 12.2. The summed E-state index contributed by atoms with van der Waals surface area (Å²) in [5.74, 6) is -0.140. The first-order chi connectivity index (χ1) is 10.1. The van der Waals surface area contributed by atoms with Crippen molar-refractivity contribution in [3.8, 4) is 0 Å². The van der Waals surface area contributed by atoms with Crippen LogP contribution in [-0.2, 0) is 16.2 Å². The minimum absolute atomic E-state index is 0.0185. The van der Waals surface area contributed by atoms with Crippen molar-refractivity contribution in [1.82, 2.24) is 9.97 Å². The number of rotatable bonds is 3. The van der Waals surface area contributed by atoms with E-state index < -0.39 is 21.8 Å². The lowest BCUT2D eigenvalue weighted by atomic mass is 10.1. The predicted octanol–water partition coefficient (Wildman–Crippen LogP) is 2.91. The number of benzene rings is 1. The maximum atomic E-state index is 12.6. The minimum atomic E-state index is -4.53. The first-order valence-corrected chi connectivity index (χ1v) is 7.58. The largest absolute Gasteiger partial charge is 0.416 e. The predicted molar refractivity (Wildman–Crippen MR) is 73.8 cm³/mol. The summed E-state index contributed by atoms with van der Waals surface area (Å²) in [5.41, 5.74) is -0.373. The fourth-order valence-corrected chi connectivity index (χ4v) is 2.98. The van der Waals surface area contributed by atoms with E-state index in [-0.39, 0.29) is 16.4 Å².